The number of pyridine rings is 1. The van der Waals surface area contributed by atoms with E-state index in [2.05, 4.69) is 14.9 Å². The first-order valence-corrected chi connectivity index (χ1v) is 12.4. The normalized spacial score (nSPS) is 17.0. The van der Waals surface area contributed by atoms with Crippen molar-refractivity contribution in [1.82, 2.24) is 19.9 Å². The van der Waals surface area contributed by atoms with E-state index in [9.17, 15) is 13.2 Å². The molecule has 1 N–H and O–H groups in total. The Morgan fingerprint density at radius 3 is 2.80 bits per heavy atom. The van der Waals surface area contributed by atoms with Gasteiger partial charge >= 0.3 is 0 Å². The molecule has 0 aliphatic carbocycles. The smallest absolute Gasteiger partial charge is 0.259 e. The number of nitrogens with one attached hydrogen (secondary N) is 1. The quantitative estimate of drug-likeness (QED) is 0.526. The fourth-order valence-corrected chi connectivity index (χ4v) is 5.93. The van der Waals surface area contributed by atoms with Crippen molar-refractivity contribution in [2.24, 2.45) is 0 Å². The predicted molar refractivity (Wildman–Crippen MR) is 120 cm³/mol. The van der Waals surface area contributed by atoms with Crippen molar-refractivity contribution in [2.75, 3.05) is 24.6 Å². The molecule has 5 rings (SSSR count). The Kier molecular flexibility index (Phi) is 4.68. The Morgan fingerprint density at radius 2 is 2.00 bits per heavy atom. The molecule has 1 fully saturated rings. The predicted octanol–water partition coefficient (Wildman–Crippen LogP) is 2.74. The molecule has 0 bridgehead atoms. The van der Waals surface area contributed by atoms with Crippen molar-refractivity contribution in [1.29, 1.82) is 0 Å². The Bertz CT molecular complexity index is 1430. The maximum Gasteiger partial charge on any atom is 0.259 e. The standard InChI is InChI=1S/C21H20N4O3S2/c1-13-8-14(12-25-3-6-30(27,28)7-4-25)9-16-19(13)23-20(24-21(16)26)17-10-18-15(11-22-17)2-5-29-18/h2,5,8-11H,3-4,6-7,12H2,1H3,(H,23,24,26). The van der Waals surface area contributed by atoms with Crippen LogP contribution in [0.5, 0.6) is 0 Å². The third-order valence-corrected chi connectivity index (χ3v) is 7.97. The minimum Gasteiger partial charge on any atom is -0.305 e. The van der Waals surface area contributed by atoms with E-state index in [0.717, 1.165) is 21.2 Å². The lowest BCUT2D eigenvalue weighted by Crippen LogP contribution is -2.39. The largest absolute Gasteiger partial charge is 0.305 e. The third-order valence-electron chi connectivity index (χ3n) is 5.48. The molecule has 0 radical (unpaired) electrons. The number of rotatable bonds is 3. The van der Waals surface area contributed by atoms with Gasteiger partial charge in [0.1, 0.15) is 5.69 Å². The topological polar surface area (TPSA) is 96.0 Å². The van der Waals surface area contributed by atoms with Crippen LogP contribution in [-0.2, 0) is 16.4 Å². The molecule has 0 unspecified atom stereocenters. The third kappa shape index (κ3) is 3.64. The number of aryl methyl sites for hydroxylation is 1. The first-order chi connectivity index (χ1) is 14.4. The molecule has 0 saturated carbocycles. The lowest BCUT2D eigenvalue weighted by atomic mass is 10.1. The van der Waals surface area contributed by atoms with E-state index in [1.807, 2.05) is 36.6 Å². The average Bonchev–Trinajstić information content (AvgIpc) is 3.18. The summed E-state index contributed by atoms with van der Waals surface area (Å²) in [6.07, 6.45) is 1.79. The van der Waals surface area contributed by atoms with Crippen LogP contribution < -0.4 is 5.56 Å². The van der Waals surface area contributed by atoms with E-state index < -0.39 is 9.84 Å². The van der Waals surface area contributed by atoms with Gasteiger partial charge in [0, 0.05) is 35.9 Å². The molecule has 1 aliphatic heterocycles. The summed E-state index contributed by atoms with van der Waals surface area (Å²) >= 11 is 1.62. The van der Waals surface area contributed by atoms with Crippen LogP contribution in [0, 0.1) is 6.92 Å². The molecule has 154 valence electrons. The van der Waals surface area contributed by atoms with Gasteiger partial charge in [-0.15, -0.1) is 11.3 Å². The second-order valence-electron chi connectivity index (χ2n) is 7.68. The van der Waals surface area contributed by atoms with Gasteiger partial charge < -0.3 is 4.98 Å². The molecule has 0 atom stereocenters. The Balaban J connectivity index is 1.50. The summed E-state index contributed by atoms with van der Waals surface area (Å²) < 4.78 is 24.4. The molecule has 0 amide bonds. The van der Waals surface area contributed by atoms with Gasteiger partial charge in [0.15, 0.2) is 15.7 Å². The van der Waals surface area contributed by atoms with E-state index in [1.165, 1.54) is 0 Å². The fraction of sp³-hybridized carbons (Fsp3) is 0.286. The molecular weight excluding hydrogens is 420 g/mol. The second-order valence-corrected chi connectivity index (χ2v) is 10.9. The van der Waals surface area contributed by atoms with Crippen LogP contribution >= 0.6 is 11.3 Å². The van der Waals surface area contributed by atoms with Gasteiger partial charge in [-0.05, 0) is 41.6 Å². The van der Waals surface area contributed by atoms with Gasteiger partial charge in [0.05, 0.1) is 22.4 Å². The number of aromatic amines is 1. The van der Waals surface area contributed by atoms with Crippen LogP contribution in [0.2, 0.25) is 0 Å². The summed E-state index contributed by atoms with van der Waals surface area (Å²) in [5.74, 6) is 0.833. The van der Waals surface area contributed by atoms with Crippen molar-refractivity contribution in [3.63, 3.8) is 0 Å². The molecule has 1 aliphatic rings. The summed E-state index contributed by atoms with van der Waals surface area (Å²) in [6.45, 7) is 3.59. The number of benzene rings is 1. The van der Waals surface area contributed by atoms with E-state index in [1.54, 1.807) is 17.5 Å². The maximum absolute atomic E-state index is 12.9. The van der Waals surface area contributed by atoms with Crippen molar-refractivity contribution >= 4 is 42.2 Å². The number of hydrogen-bond donors (Lipinski definition) is 1. The number of thiophene rings is 1. The first kappa shape index (κ1) is 19.3. The summed E-state index contributed by atoms with van der Waals surface area (Å²) in [5, 5.41) is 3.62. The maximum atomic E-state index is 12.9. The second kappa shape index (κ2) is 7.26. The van der Waals surface area contributed by atoms with Crippen LogP contribution in [0.4, 0.5) is 0 Å². The molecule has 30 heavy (non-hydrogen) atoms. The average molecular weight is 441 g/mol. The zero-order valence-corrected chi connectivity index (χ0v) is 18.0. The molecule has 7 nitrogen and oxygen atoms in total. The van der Waals surface area contributed by atoms with Gasteiger partial charge in [-0.2, -0.15) is 0 Å². The molecule has 4 aromatic rings. The fourth-order valence-electron chi connectivity index (χ4n) is 3.85. The van der Waals surface area contributed by atoms with E-state index in [0.29, 0.717) is 42.1 Å². The SMILES string of the molecule is Cc1cc(CN2CCS(=O)(=O)CC2)cc2c(=O)[nH]c(-c3cc4sccc4cn3)nc12. The number of sulfone groups is 1. The van der Waals surface area contributed by atoms with Gasteiger partial charge in [-0.3, -0.25) is 14.7 Å². The summed E-state index contributed by atoms with van der Waals surface area (Å²) in [4.78, 5) is 27.0. The minimum atomic E-state index is -2.91. The van der Waals surface area contributed by atoms with Crippen LogP contribution in [0.15, 0.2) is 40.6 Å². The highest BCUT2D eigenvalue weighted by atomic mass is 32.2. The van der Waals surface area contributed by atoms with Crippen molar-refractivity contribution in [3.8, 4) is 11.5 Å². The molecule has 0 spiro atoms. The molecule has 9 heteroatoms. The summed E-state index contributed by atoms with van der Waals surface area (Å²) in [6, 6.07) is 7.84. The molecule has 1 saturated heterocycles. The molecular formula is C21H20N4O3S2. The Hall–Kier alpha value is -2.62. The Morgan fingerprint density at radius 1 is 1.20 bits per heavy atom. The number of nitrogens with zero attached hydrogens (tertiary/aromatic N) is 3. The number of H-pyrrole nitrogens is 1. The van der Waals surface area contributed by atoms with E-state index >= 15 is 0 Å². The molecule has 4 heterocycles. The number of aromatic nitrogens is 3. The van der Waals surface area contributed by atoms with Gasteiger partial charge in [-0.1, -0.05) is 6.07 Å². The molecule has 3 aromatic heterocycles. The number of fused-ring (bicyclic) bond motifs is 2. The lowest BCUT2D eigenvalue weighted by Gasteiger charge is -2.26. The Labute approximate surface area is 177 Å². The first-order valence-electron chi connectivity index (χ1n) is 9.68. The van der Waals surface area contributed by atoms with Crippen LogP contribution in [0.25, 0.3) is 32.5 Å². The zero-order chi connectivity index (χ0) is 20.9. The zero-order valence-electron chi connectivity index (χ0n) is 16.4. The van der Waals surface area contributed by atoms with Crippen LogP contribution in [-0.4, -0.2) is 52.9 Å². The van der Waals surface area contributed by atoms with Gasteiger partial charge in [0.2, 0.25) is 0 Å². The van der Waals surface area contributed by atoms with Crippen molar-refractivity contribution < 1.29 is 8.42 Å². The number of hydrogen-bond acceptors (Lipinski definition) is 7. The van der Waals surface area contributed by atoms with Gasteiger partial charge in [-0.25, -0.2) is 13.4 Å². The van der Waals surface area contributed by atoms with Crippen LogP contribution in [0.1, 0.15) is 11.1 Å². The highest BCUT2D eigenvalue weighted by Gasteiger charge is 2.22. The summed E-state index contributed by atoms with van der Waals surface area (Å²) in [5.41, 5.74) is 3.00. The summed E-state index contributed by atoms with van der Waals surface area (Å²) in [7, 11) is -2.91. The van der Waals surface area contributed by atoms with E-state index in [4.69, 9.17) is 4.98 Å². The van der Waals surface area contributed by atoms with Crippen LogP contribution in [0.3, 0.4) is 0 Å². The minimum absolute atomic E-state index is 0.187. The highest BCUT2D eigenvalue weighted by Crippen LogP contribution is 2.25. The van der Waals surface area contributed by atoms with Crippen molar-refractivity contribution in [3.05, 3.63) is 57.3 Å². The monoisotopic (exact) mass is 440 g/mol. The lowest BCUT2D eigenvalue weighted by molar-refractivity contribution is 0.288. The van der Waals surface area contributed by atoms with E-state index in [-0.39, 0.29) is 17.1 Å². The van der Waals surface area contributed by atoms with Crippen molar-refractivity contribution in [2.45, 2.75) is 13.5 Å². The highest BCUT2D eigenvalue weighted by molar-refractivity contribution is 7.91. The van der Waals surface area contributed by atoms with Gasteiger partial charge in [0.25, 0.3) is 5.56 Å². The molecule has 1 aromatic carbocycles.